The second-order valence-corrected chi connectivity index (χ2v) is 4.61. The van der Waals surface area contributed by atoms with Crippen molar-refractivity contribution < 1.29 is 9.59 Å². The molecule has 0 aromatic rings. The van der Waals surface area contributed by atoms with Crippen LogP contribution in [0.1, 0.15) is 39.5 Å². The summed E-state index contributed by atoms with van der Waals surface area (Å²) in [5.41, 5.74) is -0.709. The first-order valence-corrected chi connectivity index (χ1v) is 5.45. The van der Waals surface area contributed by atoms with Crippen LogP contribution in [0.4, 0.5) is 0 Å². The third-order valence-electron chi connectivity index (χ3n) is 3.95. The highest BCUT2D eigenvalue weighted by Gasteiger charge is 2.56. The number of hydrogen-bond acceptors (Lipinski definition) is 2. The third-order valence-corrected chi connectivity index (χ3v) is 3.95. The normalized spacial score (nSPS) is 42.1. The van der Waals surface area contributed by atoms with Crippen molar-refractivity contribution in [2.24, 2.45) is 11.3 Å². The van der Waals surface area contributed by atoms with Crippen LogP contribution in [0.5, 0.6) is 0 Å². The first kappa shape index (κ1) is 9.69. The molecule has 2 aliphatic rings. The maximum atomic E-state index is 11.8. The van der Waals surface area contributed by atoms with E-state index in [0.717, 1.165) is 19.3 Å². The molecule has 2 fully saturated rings. The van der Waals surface area contributed by atoms with E-state index in [9.17, 15) is 9.59 Å². The minimum absolute atomic E-state index is 0.0425. The molecule has 1 aliphatic carbocycles. The van der Waals surface area contributed by atoms with E-state index >= 15 is 0 Å². The van der Waals surface area contributed by atoms with Gasteiger partial charge < -0.3 is 5.32 Å². The van der Waals surface area contributed by atoms with Crippen LogP contribution < -0.4 is 5.32 Å². The monoisotopic (exact) mass is 195 g/mol. The van der Waals surface area contributed by atoms with Gasteiger partial charge in [-0.2, -0.15) is 0 Å². The zero-order valence-electron chi connectivity index (χ0n) is 8.80. The van der Waals surface area contributed by atoms with Crippen molar-refractivity contribution in [1.82, 2.24) is 5.32 Å². The van der Waals surface area contributed by atoms with Crippen molar-refractivity contribution >= 4 is 11.7 Å². The van der Waals surface area contributed by atoms with E-state index in [2.05, 4.69) is 12.2 Å². The summed E-state index contributed by atoms with van der Waals surface area (Å²) in [5, 5.41) is 2.96. The Balaban J connectivity index is 2.35. The molecular weight excluding hydrogens is 178 g/mol. The largest absolute Gasteiger partial charge is 0.352 e. The summed E-state index contributed by atoms with van der Waals surface area (Å²) in [5.74, 6) is 0.336. The van der Waals surface area contributed by atoms with Crippen LogP contribution in [0.15, 0.2) is 0 Å². The third kappa shape index (κ3) is 1.04. The highest BCUT2D eigenvalue weighted by molar-refractivity contribution is 6.08. The Hall–Kier alpha value is -0.860. The Morgan fingerprint density at radius 1 is 1.50 bits per heavy atom. The SMILES string of the molecule is CCC1NC(=O)C2(C)C(=O)CCCC12. The molecule has 0 spiro atoms. The quantitative estimate of drug-likeness (QED) is 0.640. The zero-order chi connectivity index (χ0) is 10.3. The first-order valence-electron chi connectivity index (χ1n) is 5.45. The Bertz CT molecular complexity index is 287. The van der Waals surface area contributed by atoms with Gasteiger partial charge in [-0.1, -0.05) is 6.92 Å². The molecule has 1 saturated carbocycles. The van der Waals surface area contributed by atoms with Gasteiger partial charge in [0, 0.05) is 18.4 Å². The maximum absolute atomic E-state index is 11.8. The molecule has 0 bridgehead atoms. The molecule has 1 N–H and O–H groups in total. The molecule has 1 heterocycles. The van der Waals surface area contributed by atoms with Crippen LogP contribution in [0, 0.1) is 11.3 Å². The molecule has 78 valence electrons. The molecule has 0 aromatic carbocycles. The van der Waals surface area contributed by atoms with Crippen LogP contribution in [-0.2, 0) is 9.59 Å². The Kier molecular flexibility index (Phi) is 2.13. The molecule has 0 aromatic heterocycles. The van der Waals surface area contributed by atoms with Crippen LogP contribution in [-0.4, -0.2) is 17.7 Å². The van der Waals surface area contributed by atoms with E-state index in [4.69, 9.17) is 0 Å². The van der Waals surface area contributed by atoms with Gasteiger partial charge in [-0.25, -0.2) is 0 Å². The van der Waals surface area contributed by atoms with E-state index in [-0.39, 0.29) is 23.7 Å². The van der Waals surface area contributed by atoms with Crippen LogP contribution in [0.3, 0.4) is 0 Å². The number of carbonyl (C=O) groups is 2. The Labute approximate surface area is 84.2 Å². The van der Waals surface area contributed by atoms with Crippen LogP contribution in [0.2, 0.25) is 0 Å². The minimum atomic E-state index is -0.709. The number of fused-ring (bicyclic) bond motifs is 1. The van der Waals surface area contributed by atoms with Gasteiger partial charge in [-0.3, -0.25) is 9.59 Å². The average Bonchev–Trinajstić information content (AvgIpc) is 2.43. The Morgan fingerprint density at radius 3 is 2.86 bits per heavy atom. The molecule has 3 atom stereocenters. The van der Waals surface area contributed by atoms with E-state index in [0.29, 0.717) is 6.42 Å². The number of hydrogen-bond donors (Lipinski definition) is 1. The van der Waals surface area contributed by atoms with Crippen molar-refractivity contribution in [3.8, 4) is 0 Å². The van der Waals surface area contributed by atoms with Crippen molar-refractivity contribution in [2.45, 2.75) is 45.6 Å². The van der Waals surface area contributed by atoms with Gasteiger partial charge >= 0.3 is 0 Å². The van der Waals surface area contributed by atoms with E-state index < -0.39 is 5.41 Å². The molecule has 1 amide bonds. The fourth-order valence-corrected chi connectivity index (χ4v) is 2.94. The second kappa shape index (κ2) is 3.07. The summed E-state index contributed by atoms with van der Waals surface area (Å²) in [7, 11) is 0. The van der Waals surface area contributed by atoms with Gasteiger partial charge in [0.25, 0.3) is 0 Å². The number of carbonyl (C=O) groups excluding carboxylic acids is 2. The lowest BCUT2D eigenvalue weighted by molar-refractivity contribution is -0.142. The molecule has 1 aliphatic heterocycles. The molecule has 3 heteroatoms. The summed E-state index contributed by atoms with van der Waals surface area (Å²) in [4.78, 5) is 23.6. The average molecular weight is 195 g/mol. The zero-order valence-corrected chi connectivity index (χ0v) is 8.80. The van der Waals surface area contributed by atoms with Crippen molar-refractivity contribution in [3.63, 3.8) is 0 Å². The van der Waals surface area contributed by atoms with Crippen LogP contribution in [0.25, 0.3) is 0 Å². The highest BCUT2D eigenvalue weighted by atomic mass is 16.2. The first-order chi connectivity index (χ1) is 6.60. The van der Waals surface area contributed by atoms with Gasteiger partial charge in [0.15, 0.2) is 0 Å². The van der Waals surface area contributed by atoms with Crippen molar-refractivity contribution in [3.05, 3.63) is 0 Å². The van der Waals surface area contributed by atoms with Gasteiger partial charge in [0.1, 0.15) is 11.2 Å². The molecule has 3 unspecified atom stereocenters. The lowest BCUT2D eigenvalue weighted by Gasteiger charge is -2.33. The minimum Gasteiger partial charge on any atom is -0.352 e. The maximum Gasteiger partial charge on any atom is 0.234 e. The molecule has 2 rings (SSSR count). The molecular formula is C11H17NO2. The standard InChI is InChI=1S/C11H17NO2/c1-3-8-7-5-4-6-9(13)11(7,2)10(14)12-8/h7-8H,3-6H2,1-2H3,(H,12,14). The van der Waals surface area contributed by atoms with Crippen LogP contribution >= 0.6 is 0 Å². The van der Waals surface area contributed by atoms with Gasteiger partial charge in [-0.05, 0) is 26.2 Å². The summed E-state index contributed by atoms with van der Waals surface area (Å²) in [6, 6.07) is 0.219. The molecule has 1 saturated heterocycles. The molecule has 3 nitrogen and oxygen atoms in total. The van der Waals surface area contributed by atoms with Crippen molar-refractivity contribution in [2.75, 3.05) is 0 Å². The molecule has 14 heavy (non-hydrogen) atoms. The topological polar surface area (TPSA) is 46.2 Å². The summed E-state index contributed by atoms with van der Waals surface area (Å²) in [6.07, 6.45) is 3.47. The predicted octanol–water partition coefficient (Wildman–Crippen LogP) is 1.27. The second-order valence-electron chi connectivity index (χ2n) is 4.61. The lowest BCUT2D eigenvalue weighted by Crippen LogP contribution is -2.42. The number of amides is 1. The van der Waals surface area contributed by atoms with Gasteiger partial charge in [0.05, 0.1) is 0 Å². The predicted molar refractivity (Wildman–Crippen MR) is 52.7 cm³/mol. The van der Waals surface area contributed by atoms with E-state index in [1.165, 1.54) is 0 Å². The highest BCUT2D eigenvalue weighted by Crippen LogP contribution is 2.45. The molecule has 0 radical (unpaired) electrons. The van der Waals surface area contributed by atoms with Gasteiger partial charge in [0.2, 0.25) is 5.91 Å². The van der Waals surface area contributed by atoms with E-state index in [1.54, 1.807) is 0 Å². The number of nitrogens with one attached hydrogen (secondary N) is 1. The number of rotatable bonds is 1. The number of ketones is 1. The van der Waals surface area contributed by atoms with Crippen molar-refractivity contribution in [1.29, 1.82) is 0 Å². The van der Waals surface area contributed by atoms with Gasteiger partial charge in [-0.15, -0.1) is 0 Å². The fourth-order valence-electron chi connectivity index (χ4n) is 2.94. The summed E-state index contributed by atoms with van der Waals surface area (Å²) >= 11 is 0. The van der Waals surface area contributed by atoms with E-state index in [1.807, 2.05) is 6.92 Å². The summed E-state index contributed by atoms with van der Waals surface area (Å²) < 4.78 is 0. The summed E-state index contributed by atoms with van der Waals surface area (Å²) in [6.45, 7) is 3.89. The smallest absolute Gasteiger partial charge is 0.234 e. The lowest BCUT2D eigenvalue weighted by atomic mass is 9.66. The Morgan fingerprint density at radius 2 is 2.21 bits per heavy atom. The number of Topliss-reactive ketones (excluding diaryl/α,β-unsaturated/α-hetero) is 1. The fraction of sp³-hybridized carbons (Fsp3) is 0.818.